The third-order valence-corrected chi connectivity index (χ3v) is 3.39. The topological polar surface area (TPSA) is 91.7 Å². The summed E-state index contributed by atoms with van der Waals surface area (Å²) in [4.78, 5) is 15.3. The van der Waals surface area contributed by atoms with Crippen LogP contribution in [0.25, 0.3) is 0 Å². The largest absolute Gasteiger partial charge is 0.325 e. The Kier molecular flexibility index (Phi) is 7.74. The smallest absolute Gasteiger partial charge is 0.322 e. The monoisotopic (exact) mass is 246 g/mol. The summed E-state index contributed by atoms with van der Waals surface area (Å²) in [6.45, 7) is 4.65. The molecule has 2 N–H and O–H groups in total. The van der Waals surface area contributed by atoms with Crippen molar-refractivity contribution in [2.24, 2.45) is 0 Å². The van der Waals surface area contributed by atoms with E-state index < -0.39 is 17.4 Å². The van der Waals surface area contributed by atoms with E-state index in [0.717, 1.165) is 19.5 Å². The van der Waals surface area contributed by atoms with Crippen molar-refractivity contribution in [1.82, 2.24) is 0 Å². The lowest BCUT2D eigenvalue weighted by atomic mass is 10.3. The van der Waals surface area contributed by atoms with Crippen molar-refractivity contribution in [2.45, 2.75) is 31.9 Å². The molecule has 14 heavy (non-hydrogen) atoms. The van der Waals surface area contributed by atoms with Gasteiger partial charge in [-0.15, -0.1) is 0 Å². The van der Waals surface area contributed by atoms with Crippen LogP contribution in [0.4, 0.5) is 0 Å². The molecule has 0 aromatic rings. The molecular formula is C7H19O5PS. The lowest BCUT2D eigenvalue weighted by molar-refractivity contribution is 0.381. The number of hydrogen-bond acceptors (Lipinski definition) is 3. The highest BCUT2D eigenvalue weighted by molar-refractivity contribution is 7.91. The first-order valence-electron chi connectivity index (χ1n) is 4.24. The summed E-state index contributed by atoms with van der Waals surface area (Å²) in [7, 11) is -6.40. The Hall–Kier alpha value is 0.1000. The molecule has 0 aromatic carbocycles. The molecule has 0 amide bonds. The average molecular weight is 246 g/mol. The maximum atomic E-state index is 10.8. The Balaban J connectivity index is 0. The quantitative estimate of drug-likeness (QED) is 0.725. The first-order chi connectivity index (χ1) is 6.02. The molecule has 0 aliphatic heterocycles. The van der Waals surface area contributed by atoms with E-state index >= 15 is 0 Å². The summed E-state index contributed by atoms with van der Waals surface area (Å²) in [5.41, 5.74) is 0. The zero-order valence-corrected chi connectivity index (χ0v) is 10.7. The normalized spacial score (nSPS) is 12.2. The van der Waals surface area contributed by atoms with Crippen molar-refractivity contribution in [3.63, 3.8) is 0 Å². The van der Waals surface area contributed by atoms with Crippen LogP contribution in [0.5, 0.6) is 0 Å². The Bertz CT molecular complexity index is 266. The van der Waals surface area contributed by atoms with Gasteiger partial charge in [-0.05, 0) is 12.8 Å². The van der Waals surface area contributed by atoms with Crippen LogP contribution >= 0.6 is 7.60 Å². The highest BCUT2D eigenvalue weighted by atomic mass is 32.2. The van der Waals surface area contributed by atoms with E-state index in [9.17, 15) is 13.0 Å². The van der Waals surface area contributed by atoms with Crippen molar-refractivity contribution in [2.75, 3.05) is 12.9 Å². The summed E-state index contributed by atoms with van der Waals surface area (Å²) in [5.74, 6) is 0. The van der Waals surface area contributed by atoms with Gasteiger partial charge in [-0.3, -0.25) is 4.57 Å². The van der Waals surface area contributed by atoms with Crippen LogP contribution in [0.3, 0.4) is 0 Å². The average Bonchev–Trinajstić information content (AvgIpc) is 1.82. The van der Waals surface area contributed by atoms with Gasteiger partial charge in [-0.2, -0.15) is 0 Å². The molecule has 0 aliphatic carbocycles. The van der Waals surface area contributed by atoms with Crippen LogP contribution in [0, 0.1) is 0 Å². The minimum absolute atomic E-state index is 0.127. The van der Waals surface area contributed by atoms with E-state index in [0.29, 0.717) is 0 Å². The standard InChI is InChI=1S/C6H14O2S.CH5O3P/c1-4-6(5-2)9(3,7)8;1-5(2,3)4/h6H,4-5H2,1-3H3;1H3,(H2,2,3,4). The van der Waals surface area contributed by atoms with Gasteiger partial charge in [-0.1, -0.05) is 13.8 Å². The van der Waals surface area contributed by atoms with Crippen molar-refractivity contribution >= 4 is 17.4 Å². The Morgan fingerprint density at radius 2 is 1.43 bits per heavy atom. The van der Waals surface area contributed by atoms with Crippen LogP contribution in [-0.4, -0.2) is 36.4 Å². The second-order valence-corrected chi connectivity index (χ2v) is 7.10. The third-order valence-electron chi connectivity index (χ3n) is 1.52. The SMILES string of the molecule is CCC(CC)S(C)(=O)=O.CP(=O)(O)O. The highest BCUT2D eigenvalue weighted by Gasteiger charge is 2.14. The Labute approximate surface area is 85.6 Å². The maximum Gasteiger partial charge on any atom is 0.322 e. The molecule has 0 spiro atoms. The molecule has 0 aliphatic rings. The lowest BCUT2D eigenvalue weighted by Gasteiger charge is -2.07. The van der Waals surface area contributed by atoms with Crippen LogP contribution < -0.4 is 0 Å². The van der Waals surface area contributed by atoms with Gasteiger partial charge in [-0.25, -0.2) is 8.42 Å². The molecule has 0 rings (SSSR count). The van der Waals surface area contributed by atoms with Gasteiger partial charge in [0.2, 0.25) is 0 Å². The van der Waals surface area contributed by atoms with E-state index in [1.807, 2.05) is 13.8 Å². The van der Waals surface area contributed by atoms with Crippen molar-refractivity contribution in [3.8, 4) is 0 Å². The zero-order chi connectivity index (χ0) is 12.0. The van der Waals surface area contributed by atoms with E-state index in [-0.39, 0.29) is 5.25 Å². The summed E-state index contributed by atoms with van der Waals surface area (Å²) in [6.07, 6.45) is 2.76. The maximum absolute atomic E-state index is 10.8. The van der Waals surface area contributed by atoms with Crippen LogP contribution in [-0.2, 0) is 14.4 Å². The molecule has 0 fully saturated rings. The van der Waals surface area contributed by atoms with E-state index in [2.05, 4.69) is 0 Å². The molecule has 0 atom stereocenters. The number of hydrogen-bond donors (Lipinski definition) is 2. The van der Waals surface area contributed by atoms with E-state index in [4.69, 9.17) is 9.79 Å². The zero-order valence-electron chi connectivity index (χ0n) is 8.97. The fraction of sp³-hybridized carbons (Fsp3) is 1.00. The molecular weight excluding hydrogens is 227 g/mol. The van der Waals surface area contributed by atoms with E-state index in [1.54, 1.807) is 0 Å². The Morgan fingerprint density at radius 3 is 1.43 bits per heavy atom. The molecule has 0 bridgehead atoms. The van der Waals surface area contributed by atoms with Crippen molar-refractivity contribution < 1.29 is 22.8 Å². The molecule has 0 heterocycles. The van der Waals surface area contributed by atoms with Gasteiger partial charge in [0.15, 0.2) is 0 Å². The summed E-state index contributed by atoms with van der Waals surface area (Å²) >= 11 is 0. The number of sulfone groups is 1. The fourth-order valence-electron chi connectivity index (χ4n) is 0.894. The molecule has 5 nitrogen and oxygen atoms in total. The lowest BCUT2D eigenvalue weighted by Crippen LogP contribution is -2.17. The second kappa shape index (κ2) is 6.56. The Morgan fingerprint density at radius 1 is 1.21 bits per heavy atom. The number of rotatable bonds is 3. The molecule has 7 heteroatoms. The van der Waals surface area contributed by atoms with Crippen LogP contribution in [0.2, 0.25) is 0 Å². The van der Waals surface area contributed by atoms with Gasteiger partial charge in [0.1, 0.15) is 9.84 Å². The van der Waals surface area contributed by atoms with E-state index in [1.165, 1.54) is 6.26 Å². The molecule has 0 saturated heterocycles. The van der Waals surface area contributed by atoms with Gasteiger partial charge in [0, 0.05) is 12.9 Å². The fourth-order valence-corrected chi connectivity index (χ4v) is 2.11. The van der Waals surface area contributed by atoms with Gasteiger partial charge in [0.05, 0.1) is 5.25 Å². The second-order valence-electron chi connectivity index (χ2n) is 3.10. The highest BCUT2D eigenvalue weighted by Crippen LogP contribution is 2.26. The van der Waals surface area contributed by atoms with Gasteiger partial charge in [0.25, 0.3) is 0 Å². The summed E-state index contributed by atoms with van der Waals surface area (Å²) in [6, 6.07) is 0. The minimum atomic E-state index is -3.64. The van der Waals surface area contributed by atoms with Crippen LogP contribution in [0.1, 0.15) is 26.7 Å². The van der Waals surface area contributed by atoms with Gasteiger partial charge < -0.3 is 9.79 Å². The molecule has 0 saturated carbocycles. The van der Waals surface area contributed by atoms with Crippen molar-refractivity contribution in [1.29, 1.82) is 0 Å². The predicted molar refractivity (Wildman–Crippen MR) is 57.2 cm³/mol. The molecule has 0 unspecified atom stereocenters. The molecule has 0 aromatic heterocycles. The minimum Gasteiger partial charge on any atom is -0.325 e. The summed E-state index contributed by atoms with van der Waals surface area (Å²) in [5, 5.41) is -0.127. The predicted octanol–water partition coefficient (Wildman–Crippen LogP) is 1.01. The van der Waals surface area contributed by atoms with Crippen molar-refractivity contribution in [3.05, 3.63) is 0 Å². The molecule has 0 radical (unpaired) electrons. The van der Waals surface area contributed by atoms with Gasteiger partial charge >= 0.3 is 7.60 Å². The van der Waals surface area contributed by atoms with Crippen LogP contribution in [0.15, 0.2) is 0 Å². The summed E-state index contributed by atoms with van der Waals surface area (Å²) < 4.78 is 30.9. The first kappa shape index (κ1) is 16.5. The first-order valence-corrected chi connectivity index (χ1v) is 8.25. The third kappa shape index (κ3) is 14.6. The molecule has 88 valence electrons.